The maximum Gasteiger partial charge on any atom is 0.246 e. The zero-order valence-corrected chi connectivity index (χ0v) is 13.8. The molecule has 1 amide bonds. The molecule has 0 radical (unpaired) electrons. The van der Waals surface area contributed by atoms with Crippen molar-refractivity contribution in [1.29, 1.82) is 5.26 Å². The van der Waals surface area contributed by atoms with Crippen molar-refractivity contribution < 1.29 is 14.3 Å². The molecule has 2 aromatic carbocycles. The number of ether oxygens (including phenoxy) is 2. The number of hydrogen-bond donors (Lipinski definition) is 2. The molecular weight excluding hydrogens is 306 g/mol. The first-order chi connectivity index (χ1) is 11.6. The molecule has 0 bridgehead atoms. The van der Waals surface area contributed by atoms with Gasteiger partial charge in [0.25, 0.3) is 0 Å². The van der Waals surface area contributed by atoms with Gasteiger partial charge in [0.05, 0.1) is 25.9 Å². The van der Waals surface area contributed by atoms with Crippen LogP contribution >= 0.6 is 0 Å². The van der Waals surface area contributed by atoms with E-state index in [4.69, 9.17) is 14.7 Å². The van der Waals surface area contributed by atoms with Gasteiger partial charge >= 0.3 is 0 Å². The molecule has 0 saturated heterocycles. The highest BCUT2D eigenvalue weighted by molar-refractivity contribution is 5.96. The van der Waals surface area contributed by atoms with Crippen LogP contribution in [0.2, 0.25) is 0 Å². The van der Waals surface area contributed by atoms with Crippen molar-refractivity contribution in [2.45, 2.75) is 13.0 Å². The number of nitrogens with zero attached hydrogens (tertiary/aromatic N) is 1. The Balaban J connectivity index is 2.01. The highest BCUT2D eigenvalue weighted by Crippen LogP contribution is 2.30. The van der Waals surface area contributed by atoms with Gasteiger partial charge < -0.3 is 20.1 Å². The van der Waals surface area contributed by atoms with Gasteiger partial charge in [-0.2, -0.15) is 5.26 Å². The SMILES string of the molecule is COc1ccc(N[C@@H](C)C(=O)Nc2ccc(C#N)cc2)cc1OC. The fourth-order valence-electron chi connectivity index (χ4n) is 2.12. The van der Waals surface area contributed by atoms with Crippen LogP contribution in [0.25, 0.3) is 0 Å². The molecule has 0 fully saturated rings. The lowest BCUT2D eigenvalue weighted by molar-refractivity contribution is -0.116. The first kappa shape index (κ1) is 17.2. The summed E-state index contributed by atoms with van der Waals surface area (Å²) in [5.41, 5.74) is 1.93. The van der Waals surface area contributed by atoms with E-state index in [1.807, 2.05) is 12.1 Å². The minimum Gasteiger partial charge on any atom is -0.493 e. The molecule has 2 N–H and O–H groups in total. The minimum atomic E-state index is -0.459. The zero-order valence-electron chi connectivity index (χ0n) is 13.8. The van der Waals surface area contributed by atoms with Crippen LogP contribution in [0, 0.1) is 11.3 Å². The quantitative estimate of drug-likeness (QED) is 0.853. The van der Waals surface area contributed by atoms with Crippen molar-refractivity contribution in [2.75, 3.05) is 24.9 Å². The minimum absolute atomic E-state index is 0.186. The van der Waals surface area contributed by atoms with Crippen molar-refractivity contribution in [2.24, 2.45) is 0 Å². The lowest BCUT2D eigenvalue weighted by Gasteiger charge is -2.16. The van der Waals surface area contributed by atoms with Crippen LogP contribution in [-0.2, 0) is 4.79 Å². The van der Waals surface area contributed by atoms with Crippen LogP contribution in [0.15, 0.2) is 42.5 Å². The average Bonchev–Trinajstić information content (AvgIpc) is 2.62. The molecule has 24 heavy (non-hydrogen) atoms. The molecule has 0 saturated carbocycles. The summed E-state index contributed by atoms with van der Waals surface area (Å²) in [7, 11) is 3.13. The van der Waals surface area contributed by atoms with Gasteiger partial charge in [-0.3, -0.25) is 4.79 Å². The summed E-state index contributed by atoms with van der Waals surface area (Å²) >= 11 is 0. The summed E-state index contributed by atoms with van der Waals surface area (Å²) in [6, 6.07) is 13.6. The standard InChI is InChI=1S/C18H19N3O3/c1-12(18(22)21-14-6-4-13(11-19)5-7-14)20-15-8-9-16(23-2)17(10-15)24-3/h4-10,12,20H,1-3H3,(H,21,22)/t12-/m0/s1. The Morgan fingerprint density at radius 3 is 2.25 bits per heavy atom. The monoisotopic (exact) mass is 325 g/mol. The van der Waals surface area contributed by atoms with Gasteiger partial charge in [0.15, 0.2) is 11.5 Å². The predicted octanol–water partition coefficient (Wildman–Crippen LogP) is 3.01. The van der Waals surface area contributed by atoms with E-state index in [1.54, 1.807) is 57.5 Å². The molecule has 0 aliphatic rings. The van der Waals surface area contributed by atoms with Crippen LogP contribution in [0.1, 0.15) is 12.5 Å². The van der Waals surface area contributed by atoms with Gasteiger partial charge in [0, 0.05) is 17.4 Å². The van der Waals surface area contributed by atoms with E-state index in [9.17, 15) is 4.79 Å². The normalized spacial score (nSPS) is 11.1. The molecule has 124 valence electrons. The van der Waals surface area contributed by atoms with E-state index in [0.717, 1.165) is 5.69 Å². The van der Waals surface area contributed by atoms with Gasteiger partial charge in [-0.1, -0.05) is 0 Å². The van der Waals surface area contributed by atoms with Crippen LogP contribution in [0.4, 0.5) is 11.4 Å². The summed E-state index contributed by atoms with van der Waals surface area (Å²) < 4.78 is 10.4. The molecule has 0 heterocycles. The second kappa shape index (κ2) is 7.88. The number of nitrogens with one attached hydrogen (secondary N) is 2. The van der Waals surface area contributed by atoms with Gasteiger partial charge in [-0.25, -0.2) is 0 Å². The van der Waals surface area contributed by atoms with Crippen molar-refractivity contribution in [3.63, 3.8) is 0 Å². The maximum absolute atomic E-state index is 12.3. The first-order valence-corrected chi connectivity index (χ1v) is 7.37. The third-order valence-electron chi connectivity index (χ3n) is 3.44. The fraction of sp³-hybridized carbons (Fsp3) is 0.222. The average molecular weight is 325 g/mol. The van der Waals surface area contributed by atoms with Crippen LogP contribution in [0.5, 0.6) is 11.5 Å². The molecule has 2 aromatic rings. The van der Waals surface area contributed by atoms with Gasteiger partial charge in [-0.15, -0.1) is 0 Å². The number of nitriles is 1. The van der Waals surface area contributed by atoms with Crippen LogP contribution < -0.4 is 20.1 Å². The summed E-state index contributed by atoms with van der Waals surface area (Å²) in [5, 5.41) is 14.7. The number of carbonyl (C=O) groups excluding carboxylic acids is 1. The molecule has 0 aliphatic carbocycles. The Hall–Kier alpha value is -3.20. The second-order valence-corrected chi connectivity index (χ2v) is 5.11. The second-order valence-electron chi connectivity index (χ2n) is 5.11. The van der Waals surface area contributed by atoms with Crippen LogP contribution in [0.3, 0.4) is 0 Å². The third-order valence-corrected chi connectivity index (χ3v) is 3.44. The van der Waals surface area contributed by atoms with E-state index in [-0.39, 0.29) is 5.91 Å². The Bertz CT molecular complexity index is 751. The molecule has 6 heteroatoms. The predicted molar refractivity (Wildman–Crippen MR) is 92.4 cm³/mol. The smallest absolute Gasteiger partial charge is 0.246 e. The summed E-state index contributed by atoms with van der Waals surface area (Å²) in [4.78, 5) is 12.3. The Morgan fingerprint density at radius 1 is 1.04 bits per heavy atom. The Morgan fingerprint density at radius 2 is 1.67 bits per heavy atom. The largest absolute Gasteiger partial charge is 0.493 e. The molecule has 0 aliphatic heterocycles. The number of methoxy groups -OCH3 is 2. The maximum atomic E-state index is 12.3. The number of rotatable bonds is 6. The highest BCUT2D eigenvalue weighted by Gasteiger charge is 2.14. The van der Waals surface area contributed by atoms with Gasteiger partial charge in [0.2, 0.25) is 5.91 Å². The lowest BCUT2D eigenvalue weighted by atomic mass is 10.2. The van der Waals surface area contributed by atoms with E-state index >= 15 is 0 Å². The van der Waals surface area contributed by atoms with Crippen molar-refractivity contribution in [3.05, 3.63) is 48.0 Å². The molecule has 0 spiro atoms. The fourth-order valence-corrected chi connectivity index (χ4v) is 2.12. The van der Waals surface area contributed by atoms with E-state index < -0.39 is 6.04 Å². The number of anilines is 2. The molecule has 1 atom stereocenters. The number of benzene rings is 2. The van der Waals surface area contributed by atoms with Crippen molar-refractivity contribution in [3.8, 4) is 17.6 Å². The van der Waals surface area contributed by atoms with Crippen molar-refractivity contribution in [1.82, 2.24) is 0 Å². The molecule has 6 nitrogen and oxygen atoms in total. The topological polar surface area (TPSA) is 83.4 Å². The number of carbonyl (C=O) groups is 1. The first-order valence-electron chi connectivity index (χ1n) is 7.37. The summed E-state index contributed by atoms with van der Waals surface area (Å²) in [6.07, 6.45) is 0. The summed E-state index contributed by atoms with van der Waals surface area (Å²) in [5.74, 6) is 1.02. The highest BCUT2D eigenvalue weighted by atomic mass is 16.5. The van der Waals surface area contributed by atoms with Gasteiger partial charge in [0.1, 0.15) is 6.04 Å². The molecule has 0 aromatic heterocycles. The lowest BCUT2D eigenvalue weighted by Crippen LogP contribution is -2.31. The van der Waals surface area contributed by atoms with Gasteiger partial charge in [-0.05, 0) is 43.3 Å². The Labute approximate surface area is 141 Å². The van der Waals surface area contributed by atoms with E-state index in [2.05, 4.69) is 10.6 Å². The Kier molecular flexibility index (Phi) is 5.63. The van der Waals surface area contributed by atoms with E-state index in [0.29, 0.717) is 22.7 Å². The zero-order chi connectivity index (χ0) is 17.5. The molecular formula is C18H19N3O3. The molecule has 2 rings (SSSR count). The van der Waals surface area contributed by atoms with Crippen molar-refractivity contribution >= 4 is 17.3 Å². The number of hydrogen-bond acceptors (Lipinski definition) is 5. The molecule has 0 unspecified atom stereocenters. The van der Waals surface area contributed by atoms with E-state index in [1.165, 1.54) is 0 Å². The third kappa shape index (κ3) is 4.17. The summed E-state index contributed by atoms with van der Waals surface area (Å²) in [6.45, 7) is 1.76. The van der Waals surface area contributed by atoms with Crippen LogP contribution in [-0.4, -0.2) is 26.2 Å². The number of amides is 1.